The Balaban J connectivity index is 1.57. The molecule has 1 unspecified atom stereocenters. The fourth-order valence-electron chi connectivity index (χ4n) is 3.62. The highest BCUT2D eigenvalue weighted by Crippen LogP contribution is 2.25. The maximum absolute atomic E-state index is 13.1. The monoisotopic (exact) mass is 444 g/mol. The summed E-state index contributed by atoms with van der Waals surface area (Å²) in [5.41, 5.74) is 4.00. The first-order valence-electron chi connectivity index (χ1n) is 10.4. The van der Waals surface area contributed by atoms with Gasteiger partial charge in [0.25, 0.3) is 5.91 Å². The van der Waals surface area contributed by atoms with Crippen LogP contribution >= 0.6 is 0 Å². The first-order chi connectivity index (χ1) is 15.3. The summed E-state index contributed by atoms with van der Waals surface area (Å²) in [6.45, 7) is 2.42. The first-order valence-corrected chi connectivity index (χ1v) is 12.3. The molecule has 4 rings (SSSR count). The lowest BCUT2D eigenvalue weighted by molar-refractivity contribution is 0.0953. The summed E-state index contributed by atoms with van der Waals surface area (Å²) in [5.74, 6) is -0.144. The summed E-state index contributed by atoms with van der Waals surface area (Å²) in [6.07, 6.45) is 1.19. The third-order valence-electron chi connectivity index (χ3n) is 5.48. The third kappa shape index (κ3) is 4.70. The maximum atomic E-state index is 13.1. The number of nitrogens with one attached hydrogen (secondary N) is 1. The number of pyridine rings is 1. The molecule has 4 aromatic rings. The number of nitrogens with zero attached hydrogens (tertiary/aromatic N) is 1. The second-order valence-corrected chi connectivity index (χ2v) is 9.91. The topological polar surface area (TPSA) is 76.1 Å². The van der Waals surface area contributed by atoms with Gasteiger partial charge in [-0.2, -0.15) is 0 Å². The molecule has 0 aliphatic heterocycles. The molecule has 162 valence electrons. The lowest BCUT2D eigenvalue weighted by atomic mass is 10.0. The zero-order valence-electron chi connectivity index (χ0n) is 17.9. The number of hydrogen-bond donors (Lipinski definition) is 1. The molecule has 0 aliphatic carbocycles. The standard InChI is InChI=1S/C26H24N2O3S/c1-18(19-12-14-21(15-13-19)32(2,30)31)17-27-26(29)23-16-25(20-8-4-3-5-9-20)28-24-11-7-6-10-22(23)24/h3-16,18H,17H2,1-2H3,(H,27,29). The number of aromatic nitrogens is 1. The number of rotatable bonds is 6. The van der Waals surface area contributed by atoms with Gasteiger partial charge in [-0.3, -0.25) is 4.79 Å². The Labute approximate surface area is 188 Å². The van der Waals surface area contributed by atoms with Crippen LogP contribution in [-0.2, 0) is 9.84 Å². The van der Waals surface area contributed by atoms with Crippen molar-refractivity contribution in [3.8, 4) is 11.3 Å². The van der Waals surface area contributed by atoms with E-state index in [1.165, 1.54) is 6.26 Å². The molecule has 32 heavy (non-hydrogen) atoms. The largest absolute Gasteiger partial charge is 0.351 e. The van der Waals surface area contributed by atoms with Crippen LogP contribution in [0.1, 0.15) is 28.8 Å². The van der Waals surface area contributed by atoms with Crippen molar-refractivity contribution >= 4 is 26.6 Å². The van der Waals surface area contributed by atoms with Crippen molar-refractivity contribution in [3.63, 3.8) is 0 Å². The molecule has 0 bridgehead atoms. The minimum atomic E-state index is -3.23. The number of fused-ring (bicyclic) bond motifs is 1. The molecular weight excluding hydrogens is 420 g/mol. The Hall–Kier alpha value is -3.51. The van der Waals surface area contributed by atoms with Crippen molar-refractivity contribution < 1.29 is 13.2 Å². The number of benzene rings is 3. The van der Waals surface area contributed by atoms with Gasteiger partial charge in [-0.05, 0) is 35.7 Å². The molecule has 0 fully saturated rings. The summed E-state index contributed by atoms with van der Waals surface area (Å²) in [4.78, 5) is 18.2. The van der Waals surface area contributed by atoms with E-state index in [0.717, 1.165) is 27.7 Å². The molecule has 1 aromatic heterocycles. The van der Waals surface area contributed by atoms with E-state index in [-0.39, 0.29) is 16.7 Å². The van der Waals surface area contributed by atoms with Gasteiger partial charge in [0.2, 0.25) is 0 Å². The minimum absolute atomic E-state index is 0.0225. The molecular formula is C26H24N2O3S. The van der Waals surface area contributed by atoms with Crippen LogP contribution in [0.25, 0.3) is 22.2 Å². The van der Waals surface area contributed by atoms with Gasteiger partial charge < -0.3 is 5.32 Å². The first kappa shape index (κ1) is 21.7. The third-order valence-corrected chi connectivity index (χ3v) is 6.60. The molecule has 0 spiro atoms. The molecule has 1 N–H and O–H groups in total. The molecule has 1 heterocycles. The Morgan fingerprint density at radius 1 is 0.938 bits per heavy atom. The summed E-state index contributed by atoms with van der Waals surface area (Å²) in [7, 11) is -3.23. The van der Waals surface area contributed by atoms with Crippen molar-refractivity contribution in [2.75, 3.05) is 12.8 Å². The van der Waals surface area contributed by atoms with Gasteiger partial charge in [0.15, 0.2) is 9.84 Å². The summed E-state index contributed by atoms with van der Waals surface area (Å²) in [5, 5.41) is 3.83. The summed E-state index contributed by atoms with van der Waals surface area (Å²) >= 11 is 0. The van der Waals surface area contributed by atoms with E-state index in [1.54, 1.807) is 24.3 Å². The van der Waals surface area contributed by atoms with E-state index < -0.39 is 9.84 Å². The number of para-hydroxylation sites is 1. The second kappa shape index (κ2) is 8.93. The molecule has 1 amide bonds. The predicted molar refractivity (Wildman–Crippen MR) is 127 cm³/mol. The minimum Gasteiger partial charge on any atom is -0.351 e. The Kier molecular flexibility index (Phi) is 6.06. The summed E-state index contributed by atoms with van der Waals surface area (Å²) in [6, 6.07) is 26.0. The zero-order valence-corrected chi connectivity index (χ0v) is 18.8. The highest BCUT2D eigenvalue weighted by molar-refractivity contribution is 7.90. The van der Waals surface area contributed by atoms with E-state index in [0.29, 0.717) is 12.1 Å². The number of carbonyl (C=O) groups excluding carboxylic acids is 1. The van der Waals surface area contributed by atoms with Gasteiger partial charge in [0.05, 0.1) is 21.7 Å². The lowest BCUT2D eigenvalue weighted by Gasteiger charge is -2.15. The number of amides is 1. The fraction of sp³-hybridized carbons (Fsp3) is 0.154. The van der Waals surface area contributed by atoms with Crippen molar-refractivity contribution in [2.24, 2.45) is 0 Å². The smallest absolute Gasteiger partial charge is 0.252 e. The van der Waals surface area contributed by atoms with Crippen LogP contribution in [0.5, 0.6) is 0 Å². The quantitative estimate of drug-likeness (QED) is 0.462. The van der Waals surface area contributed by atoms with Crippen molar-refractivity contribution in [3.05, 3.63) is 96.1 Å². The Morgan fingerprint density at radius 2 is 1.59 bits per heavy atom. The van der Waals surface area contributed by atoms with Crippen LogP contribution in [0.3, 0.4) is 0 Å². The van der Waals surface area contributed by atoms with Gasteiger partial charge in [-0.1, -0.05) is 67.6 Å². The molecule has 0 aliphatic rings. The molecule has 0 radical (unpaired) electrons. The van der Waals surface area contributed by atoms with E-state index in [9.17, 15) is 13.2 Å². The molecule has 0 saturated heterocycles. The lowest BCUT2D eigenvalue weighted by Crippen LogP contribution is -2.27. The Bertz CT molecular complexity index is 1370. The van der Waals surface area contributed by atoms with Crippen LogP contribution in [0.4, 0.5) is 0 Å². The van der Waals surface area contributed by atoms with Gasteiger partial charge in [-0.25, -0.2) is 13.4 Å². The molecule has 5 nitrogen and oxygen atoms in total. The van der Waals surface area contributed by atoms with Crippen molar-refractivity contribution in [1.82, 2.24) is 10.3 Å². The van der Waals surface area contributed by atoms with Gasteiger partial charge in [0, 0.05) is 23.8 Å². The van der Waals surface area contributed by atoms with Gasteiger partial charge >= 0.3 is 0 Å². The number of carbonyl (C=O) groups is 1. The average molecular weight is 445 g/mol. The van der Waals surface area contributed by atoms with Crippen LogP contribution in [-0.4, -0.2) is 32.1 Å². The van der Waals surface area contributed by atoms with Crippen molar-refractivity contribution in [1.29, 1.82) is 0 Å². The van der Waals surface area contributed by atoms with Crippen LogP contribution in [0, 0.1) is 0 Å². The zero-order chi connectivity index (χ0) is 22.7. The average Bonchev–Trinajstić information content (AvgIpc) is 2.81. The van der Waals surface area contributed by atoms with E-state index in [1.807, 2.05) is 67.6 Å². The van der Waals surface area contributed by atoms with Crippen LogP contribution < -0.4 is 5.32 Å². The highest BCUT2D eigenvalue weighted by Gasteiger charge is 2.16. The van der Waals surface area contributed by atoms with Crippen molar-refractivity contribution in [2.45, 2.75) is 17.7 Å². The number of hydrogen-bond acceptors (Lipinski definition) is 4. The van der Waals surface area contributed by atoms with E-state index >= 15 is 0 Å². The van der Waals surface area contributed by atoms with Crippen LogP contribution in [0.2, 0.25) is 0 Å². The normalized spacial score (nSPS) is 12.4. The molecule has 3 aromatic carbocycles. The highest BCUT2D eigenvalue weighted by atomic mass is 32.2. The SMILES string of the molecule is CC(CNC(=O)c1cc(-c2ccccc2)nc2ccccc12)c1ccc(S(C)(=O)=O)cc1. The molecule has 6 heteroatoms. The van der Waals surface area contributed by atoms with Gasteiger partial charge in [-0.15, -0.1) is 0 Å². The second-order valence-electron chi connectivity index (χ2n) is 7.89. The number of sulfone groups is 1. The fourth-order valence-corrected chi connectivity index (χ4v) is 4.25. The van der Waals surface area contributed by atoms with Crippen LogP contribution in [0.15, 0.2) is 89.8 Å². The molecule has 1 atom stereocenters. The van der Waals surface area contributed by atoms with Gasteiger partial charge in [0.1, 0.15) is 0 Å². The van der Waals surface area contributed by atoms with E-state index in [4.69, 9.17) is 4.98 Å². The molecule has 0 saturated carbocycles. The predicted octanol–water partition coefficient (Wildman–Crippen LogP) is 4.84. The van der Waals surface area contributed by atoms with E-state index in [2.05, 4.69) is 5.32 Å². The summed E-state index contributed by atoms with van der Waals surface area (Å²) < 4.78 is 23.3. The maximum Gasteiger partial charge on any atom is 0.252 e. The Morgan fingerprint density at radius 3 is 2.28 bits per heavy atom.